The Bertz CT molecular complexity index is 506. The number of hydrogen-bond acceptors (Lipinski definition) is 7. The lowest BCUT2D eigenvalue weighted by Crippen LogP contribution is -2.37. The molecule has 102 valence electrons. The number of ether oxygens (including phenoxy) is 1. The first-order chi connectivity index (χ1) is 9.29. The molecule has 19 heavy (non-hydrogen) atoms. The molecule has 3 rings (SSSR count). The van der Waals surface area contributed by atoms with Crippen molar-refractivity contribution < 1.29 is 9.26 Å². The van der Waals surface area contributed by atoms with Crippen LogP contribution in [-0.2, 0) is 6.54 Å². The second-order valence-corrected chi connectivity index (χ2v) is 5.48. The van der Waals surface area contributed by atoms with E-state index in [0.29, 0.717) is 11.7 Å². The lowest BCUT2D eigenvalue weighted by atomic mass is 10.1. The third-order valence-corrected chi connectivity index (χ3v) is 3.80. The number of piperidine rings is 1. The Kier molecular flexibility index (Phi) is 3.74. The highest BCUT2D eigenvalue weighted by Gasteiger charge is 2.22. The molecule has 0 unspecified atom stereocenters. The van der Waals surface area contributed by atoms with E-state index in [4.69, 9.17) is 9.26 Å². The van der Waals surface area contributed by atoms with Crippen molar-refractivity contribution in [3.8, 4) is 5.19 Å². The summed E-state index contributed by atoms with van der Waals surface area (Å²) in [4.78, 5) is 10.7. The van der Waals surface area contributed by atoms with Crippen molar-refractivity contribution >= 4 is 11.3 Å². The molecule has 1 fully saturated rings. The van der Waals surface area contributed by atoms with Gasteiger partial charge in [-0.05, 0) is 19.8 Å². The van der Waals surface area contributed by atoms with E-state index in [0.717, 1.165) is 37.7 Å². The number of aromatic nitrogens is 3. The van der Waals surface area contributed by atoms with E-state index >= 15 is 0 Å². The summed E-state index contributed by atoms with van der Waals surface area (Å²) in [5.41, 5.74) is 0. The van der Waals surface area contributed by atoms with Crippen molar-refractivity contribution in [3.63, 3.8) is 0 Å². The highest BCUT2D eigenvalue weighted by molar-refractivity contribution is 7.11. The van der Waals surface area contributed by atoms with Crippen molar-refractivity contribution in [1.29, 1.82) is 0 Å². The van der Waals surface area contributed by atoms with Crippen LogP contribution in [0.3, 0.4) is 0 Å². The van der Waals surface area contributed by atoms with Crippen LogP contribution >= 0.6 is 11.3 Å². The highest BCUT2D eigenvalue weighted by Crippen LogP contribution is 2.21. The first kappa shape index (κ1) is 12.6. The normalized spacial score (nSPS) is 17.7. The van der Waals surface area contributed by atoms with Crippen molar-refractivity contribution in [1.82, 2.24) is 20.0 Å². The molecule has 0 aliphatic carbocycles. The predicted molar refractivity (Wildman–Crippen MR) is 70.1 cm³/mol. The molecule has 1 aliphatic heterocycles. The topological polar surface area (TPSA) is 64.3 Å². The van der Waals surface area contributed by atoms with Crippen LogP contribution in [0.2, 0.25) is 0 Å². The van der Waals surface area contributed by atoms with E-state index in [2.05, 4.69) is 20.0 Å². The van der Waals surface area contributed by atoms with Gasteiger partial charge in [0.15, 0.2) is 5.82 Å². The molecule has 0 N–H and O–H groups in total. The zero-order valence-corrected chi connectivity index (χ0v) is 11.6. The molecule has 6 nitrogen and oxygen atoms in total. The fourth-order valence-corrected chi connectivity index (χ4v) is 2.74. The maximum atomic E-state index is 5.83. The molecule has 1 aliphatic rings. The van der Waals surface area contributed by atoms with Crippen LogP contribution < -0.4 is 4.74 Å². The fourth-order valence-electron chi connectivity index (χ4n) is 2.19. The monoisotopic (exact) mass is 280 g/mol. The summed E-state index contributed by atoms with van der Waals surface area (Å²) < 4.78 is 11.0. The van der Waals surface area contributed by atoms with Gasteiger partial charge in [-0.3, -0.25) is 4.90 Å². The van der Waals surface area contributed by atoms with Gasteiger partial charge < -0.3 is 9.26 Å². The maximum Gasteiger partial charge on any atom is 0.273 e. The summed E-state index contributed by atoms with van der Waals surface area (Å²) in [6, 6.07) is 0. The van der Waals surface area contributed by atoms with E-state index in [-0.39, 0.29) is 6.10 Å². The van der Waals surface area contributed by atoms with Gasteiger partial charge in [0.25, 0.3) is 5.19 Å². The molecular formula is C12H16N4O2S. The van der Waals surface area contributed by atoms with Crippen LogP contribution in [0.15, 0.2) is 16.1 Å². The molecular weight excluding hydrogens is 264 g/mol. The maximum absolute atomic E-state index is 5.83. The van der Waals surface area contributed by atoms with Crippen LogP contribution in [-0.4, -0.2) is 39.2 Å². The van der Waals surface area contributed by atoms with Gasteiger partial charge in [-0.2, -0.15) is 4.98 Å². The Morgan fingerprint density at radius 3 is 2.95 bits per heavy atom. The summed E-state index contributed by atoms with van der Waals surface area (Å²) in [6.07, 6.45) is 4.05. The lowest BCUT2D eigenvalue weighted by Gasteiger charge is -2.30. The summed E-state index contributed by atoms with van der Waals surface area (Å²) in [5, 5.41) is 6.50. The lowest BCUT2D eigenvalue weighted by molar-refractivity contribution is 0.0902. The molecule has 0 atom stereocenters. The third-order valence-electron chi connectivity index (χ3n) is 3.14. The van der Waals surface area contributed by atoms with E-state index in [1.54, 1.807) is 17.5 Å². The van der Waals surface area contributed by atoms with Crippen LogP contribution in [0.1, 0.15) is 24.6 Å². The third kappa shape index (κ3) is 3.30. The van der Waals surface area contributed by atoms with Crippen molar-refractivity contribution in [2.24, 2.45) is 0 Å². The molecule has 0 saturated carbocycles. The van der Waals surface area contributed by atoms with Crippen molar-refractivity contribution in [2.45, 2.75) is 32.4 Å². The molecule has 0 radical (unpaired) electrons. The number of likely N-dealkylation sites (tertiary alicyclic amines) is 1. The molecule has 3 heterocycles. The van der Waals surface area contributed by atoms with Crippen LogP contribution in [0, 0.1) is 6.92 Å². The molecule has 0 spiro atoms. The van der Waals surface area contributed by atoms with E-state index in [1.807, 2.05) is 12.3 Å². The Morgan fingerprint density at radius 1 is 1.47 bits per heavy atom. The first-order valence-corrected chi connectivity index (χ1v) is 7.25. The Hall–Kier alpha value is -1.47. The van der Waals surface area contributed by atoms with Gasteiger partial charge in [0, 0.05) is 24.7 Å². The number of nitrogens with zero attached hydrogens (tertiary/aromatic N) is 4. The van der Waals surface area contributed by atoms with Crippen molar-refractivity contribution in [3.05, 3.63) is 23.3 Å². The SMILES string of the molecule is Cc1noc(CN2CCC(Oc3nccs3)CC2)n1. The number of hydrogen-bond donors (Lipinski definition) is 0. The molecule has 0 bridgehead atoms. The van der Waals surface area contributed by atoms with Gasteiger partial charge in [0.2, 0.25) is 5.89 Å². The second kappa shape index (κ2) is 5.66. The zero-order valence-electron chi connectivity index (χ0n) is 10.8. The van der Waals surface area contributed by atoms with Gasteiger partial charge in [0.1, 0.15) is 6.10 Å². The average Bonchev–Trinajstić information content (AvgIpc) is 3.04. The Balaban J connectivity index is 1.46. The molecule has 2 aromatic heterocycles. The van der Waals surface area contributed by atoms with Gasteiger partial charge in [0.05, 0.1) is 6.54 Å². The quantitative estimate of drug-likeness (QED) is 0.852. The molecule has 2 aromatic rings. The largest absolute Gasteiger partial charge is 0.467 e. The van der Waals surface area contributed by atoms with Crippen molar-refractivity contribution in [2.75, 3.05) is 13.1 Å². The van der Waals surface area contributed by atoms with Crippen LogP contribution in [0.25, 0.3) is 0 Å². The summed E-state index contributed by atoms with van der Waals surface area (Å²) in [7, 11) is 0. The second-order valence-electron chi connectivity index (χ2n) is 4.63. The smallest absolute Gasteiger partial charge is 0.273 e. The van der Waals surface area contributed by atoms with Gasteiger partial charge in [-0.15, -0.1) is 0 Å². The Morgan fingerprint density at radius 2 is 2.32 bits per heavy atom. The fraction of sp³-hybridized carbons (Fsp3) is 0.583. The van der Waals surface area contributed by atoms with Gasteiger partial charge in [-0.25, -0.2) is 4.98 Å². The molecule has 0 amide bonds. The highest BCUT2D eigenvalue weighted by atomic mass is 32.1. The molecule has 1 saturated heterocycles. The predicted octanol–water partition coefficient (Wildman–Crippen LogP) is 1.88. The van der Waals surface area contributed by atoms with Crippen LogP contribution in [0.4, 0.5) is 0 Å². The first-order valence-electron chi connectivity index (χ1n) is 6.37. The van der Waals surface area contributed by atoms with Crippen LogP contribution in [0.5, 0.6) is 5.19 Å². The van der Waals surface area contributed by atoms with E-state index in [1.165, 1.54) is 0 Å². The van der Waals surface area contributed by atoms with Gasteiger partial charge in [-0.1, -0.05) is 16.5 Å². The number of rotatable bonds is 4. The minimum atomic E-state index is 0.270. The molecule has 0 aromatic carbocycles. The number of thiazole rings is 1. The van der Waals surface area contributed by atoms with E-state index in [9.17, 15) is 0 Å². The minimum absolute atomic E-state index is 0.270. The van der Waals surface area contributed by atoms with Gasteiger partial charge >= 0.3 is 0 Å². The number of aryl methyl sites for hydroxylation is 1. The standard InChI is InChI=1S/C12H16N4O2S/c1-9-14-11(18-15-9)8-16-5-2-10(3-6-16)17-12-13-4-7-19-12/h4,7,10H,2-3,5-6,8H2,1H3. The summed E-state index contributed by atoms with van der Waals surface area (Å²) in [6.45, 7) is 4.53. The Labute approximate surface area is 115 Å². The zero-order chi connectivity index (χ0) is 13.1. The summed E-state index contributed by atoms with van der Waals surface area (Å²) in [5.74, 6) is 1.38. The molecule has 7 heteroatoms. The minimum Gasteiger partial charge on any atom is -0.467 e. The summed E-state index contributed by atoms with van der Waals surface area (Å²) >= 11 is 1.54. The van der Waals surface area contributed by atoms with E-state index < -0.39 is 0 Å². The average molecular weight is 280 g/mol.